The average Bonchev–Trinajstić information content (AvgIpc) is 2.98. The van der Waals surface area contributed by atoms with E-state index in [0.29, 0.717) is 16.9 Å². The molecule has 0 spiro atoms. The highest BCUT2D eigenvalue weighted by molar-refractivity contribution is 7.72. The average molecular weight is 389 g/mol. The number of benzene rings is 1. The lowest BCUT2D eigenvalue weighted by molar-refractivity contribution is -0.142. The van der Waals surface area contributed by atoms with Crippen molar-refractivity contribution in [2.75, 3.05) is 17.3 Å². The zero-order valence-electron chi connectivity index (χ0n) is 13.2. The number of hydrogen-bond donors (Lipinski definition) is 2. The Morgan fingerprint density at radius 3 is 2.42 bits per heavy atom. The molecule has 1 aliphatic heterocycles. The molecule has 7 nitrogen and oxygen atoms in total. The molecule has 3 rings (SSSR count). The van der Waals surface area contributed by atoms with E-state index in [9.17, 15) is 31.5 Å². The second-order valence-corrected chi connectivity index (χ2v) is 6.82. The number of halogens is 3. The molecule has 0 amide bonds. The maximum absolute atomic E-state index is 12.7. The molecule has 0 radical (unpaired) electrons. The Morgan fingerprint density at radius 1 is 1.23 bits per heavy atom. The Morgan fingerprint density at radius 2 is 1.88 bits per heavy atom. The van der Waals surface area contributed by atoms with Crippen molar-refractivity contribution in [1.29, 1.82) is 0 Å². The van der Waals surface area contributed by atoms with Crippen molar-refractivity contribution in [3.63, 3.8) is 0 Å². The molecular weight excluding hydrogens is 375 g/mol. The first-order chi connectivity index (χ1) is 12.2. The summed E-state index contributed by atoms with van der Waals surface area (Å²) in [7, 11) is -2.83. The van der Waals surface area contributed by atoms with Crippen molar-refractivity contribution in [3.05, 3.63) is 36.0 Å². The van der Waals surface area contributed by atoms with E-state index in [1.165, 1.54) is 27.9 Å². The number of carbonyl (C=O) groups is 1. The summed E-state index contributed by atoms with van der Waals surface area (Å²) >= 11 is 0. The maximum Gasteiger partial charge on any atom is 0.416 e. The summed E-state index contributed by atoms with van der Waals surface area (Å²) in [4.78, 5) is 12.6. The van der Waals surface area contributed by atoms with Crippen LogP contribution in [-0.2, 0) is 28.2 Å². The molecular formula is C15H14F3N3O4S. The standard InChI is InChI=1S/C15H14F3N3O4S/c16-15(17,18)11-3-1-9(2-4-11)12-5-19-21-7-10(14(22)23)6-20(13(12)21)8-26(24)25/h1-5,10,26H,6-8H2,(H,22,23). The predicted molar refractivity (Wildman–Crippen MR) is 86.3 cm³/mol. The van der Waals surface area contributed by atoms with Gasteiger partial charge in [0.1, 0.15) is 11.7 Å². The van der Waals surface area contributed by atoms with Gasteiger partial charge in [-0.2, -0.15) is 18.3 Å². The fraction of sp³-hybridized carbons (Fsp3) is 0.333. The van der Waals surface area contributed by atoms with Crippen LogP contribution in [-0.4, -0.2) is 41.7 Å². The fourth-order valence-electron chi connectivity index (χ4n) is 2.93. The van der Waals surface area contributed by atoms with Gasteiger partial charge in [0.05, 0.1) is 24.2 Å². The van der Waals surface area contributed by atoms with Gasteiger partial charge >= 0.3 is 12.1 Å². The van der Waals surface area contributed by atoms with Crippen LogP contribution >= 0.6 is 0 Å². The molecule has 0 fully saturated rings. The number of thiol groups is 1. The monoisotopic (exact) mass is 389 g/mol. The van der Waals surface area contributed by atoms with Gasteiger partial charge in [0, 0.05) is 12.1 Å². The number of fused-ring (bicyclic) bond motifs is 1. The Kier molecular flexibility index (Phi) is 4.65. The molecule has 0 bridgehead atoms. The van der Waals surface area contributed by atoms with E-state index in [-0.39, 0.29) is 13.1 Å². The minimum Gasteiger partial charge on any atom is -0.481 e. The number of hydrogen-bond acceptors (Lipinski definition) is 5. The lowest BCUT2D eigenvalue weighted by atomic mass is 10.0. The van der Waals surface area contributed by atoms with Gasteiger partial charge in [0.2, 0.25) is 0 Å². The van der Waals surface area contributed by atoms with Crippen molar-refractivity contribution < 1.29 is 31.5 Å². The quantitative estimate of drug-likeness (QED) is 0.773. The second-order valence-electron chi connectivity index (χ2n) is 5.87. The molecule has 1 aromatic carbocycles. The Bertz CT molecular complexity index is 898. The molecule has 1 atom stereocenters. The summed E-state index contributed by atoms with van der Waals surface area (Å²) in [6.07, 6.45) is -3.06. The van der Waals surface area contributed by atoms with E-state index in [4.69, 9.17) is 0 Å². The highest BCUT2D eigenvalue weighted by Gasteiger charge is 2.33. The fourth-order valence-corrected chi connectivity index (χ4v) is 3.46. The first-order valence-electron chi connectivity index (χ1n) is 7.50. The lowest BCUT2D eigenvalue weighted by Crippen LogP contribution is -2.42. The SMILES string of the molecule is O=C(O)C1CN(C[SH](=O)=O)c2c(-c3ccc(C(F)(F)F)cc3)cnn2C1. The molecule has 1 aromatic heterocycles. The van der Waals surface area contributed by atoms with Crippen LogP contribution in [0.3, 0.4) is 0 Å². The third-order valence-electron chi connectivity index (χ3n) is 4.10. The van der Waals surface area contributed by atoms with Crippen LogP contribution in [0.25, 0.3) is 11.1 Å². The van der Waals surface area contributed by atoms with Crippen LogP contribution in [0.4, 0.5) is 19.0 Å². The summed E-state index contributed by atoms with van der Waals surface area (Å²) in [5.74, 6) is -1.94. The number of carboxylic acids is 1. The summed E-state index contributed by atoms with van der Waals surface area (Å²) in [5, 5.41) is 13.3. The second kappa shape index (κ2) is 6.63. The van der Waals surface area contributed by atoms with E-state index < -0.39 is 40.2 Å². The van der Waals surface area contributed by atoms with E-state index in [1.807, 2.05) is 0 Å². The van der Waals surface area contributed by atoms with Crippen LogP contribution in [0.15, 0.2) is 30.5 Å². The van der Waals surface area contributed by atoms with Crippen LogP contribution < -0.4 is 4.90 Å². The van der Waals surface area contributed by atoms with Crippen molar-refractivity contribution in [1.82, 2.24) is 9.78 Å². The topological polar surface area (TPSA) is 92.5 Å². The molecule has 0 aliphatic carbocycles. The van der Waals surface area contributed by atoms with Gasteiger partial charge in [-0.15, -0.1) is 0 Å². The molecule has 26 heavy (non-hydrogen) atoms. The van der Waals surface area contributed by atoms with Crippen molar-refractivity contribution >= 4 is 22.5 Å². The number of anilines is 1. The molecule has 140 valence electrons. The smallest absolute Gasteiger partial charge is 0.416 e. The normalized spacial score (nSPS) is 17.4. The maximum atomic E-state index is 12.7. The van der Waals surface area contributed by atoms with E-state index >= 15 is 0 Å². The van der Waals surface area contributed by atoms with Crippen LogP contribution in [0.2, 0.25) is 0 Å². The van der Waals surface area contributed by atoms with Crippen LogP contribution in [0, 0.1) is 5.92 Å². The number of aliphatic carboxylic acids is 1. The van der Waals surface area contributed by atoms with Crippen molar-refractivity contribution in [2.24, 2.45) is 5.92 Å². The highest BCUT2D eigenvalue weighted by Crippen LogP contribution is 2.36. The summed E-state index contributed by atoms with van der Waals surface area (Å²) in [6.45, 7) is 0.0232. The van der Waals surface area contributed by atoms with Crippen LogP contribution in [0.1, 0.15) is 5.56 Å². The zero-order chi connectivity index (χ0) is 19.1. The summed E-state index contributed by atoms with van der Waals surface area (Å²) < 4.78 is 61.8. The number of rotatable bonds is 4. The molecule has 2 heterocycles. The molecule has 0 saturated carbocycles. The highest BCUT2D eigenvalue weighted by atomic mass is 32.2. The number of carboxylic acid groups (broad SMARTS) is 1. The summed E-state index contributed by atoms with van der Waals surface area (Å²) in [5.41, 5.74) is 0.0753. The minimum absolute atomic E-state index is 0.0298. The number of aromatic nitrogens is 2. The Hall–Kier alpha value is -2.56. The minimum atomic E-state index is -4.46. The predicted octanol–water partition coefficient (Wildman–Crippen LogP) is 1.66. The number of alkyl halides is 3. The lowest BCUT2D eigenvalue weighted by Gasteiger charge is -2.32. The first-order valence-corrected chi connectivity index (χ1v) is 8.86. The Balaban J connectivity index is 2.02. The van der Waals surface area contributed by atoms with E-state index in [2.05, 4.69) is 5.10 Å². The summed E-state index contributed by atoms with van der Waals surface area (Å²) in [6, 6.07) is 4.42. The van der Waals surface area contributed by atoms with Gasteiger partial charge < -0.3 is 10.0 Å². The molecule has 1 N–H and O–H groups in total. The van der Waals surface area contributed by atoms with Gasteiger partial charge in [0.25, 0.3) is 0 Å². The Labute approximate surface area is 147 Å². The number of nitrogens with zero attached hydrogens (tertiary/aromatic N) is 3. The molecule has 2 aromatic rings. The van der Waals surface area contributed by atoms with E-state index in [1.54, 1.807) is 0 Å². The van der Waals surface area contributed by atoms with Gasteiger partial charge in [-0.1, -0.05) is 12.1 Å². The van der Waals surface area contributed by atoms with Gasteiger partial charge in [-0.25, -0.2) is 13.1 Å². The van der Waals surface area contributed by atoms with Crippen LogP contribution in [0.5, 0.6) is 0 Å². The van der Waals surface area contributed by atoms with Crippen molar-refractivity contribution in [3.8, 4) is 11.1 Å². The first kappa shape index (κ1) is 18.2. The molecule has 1 unspecified atom stereocenters. The van der Waals surface area contributed by atoms with Gasteiger partial charge in [0.15, 0.2) is 10.7 Å². The largest absolute Gasteiger partial charge is 0.481 e. The molecule has 0 saturated heterocycles. The van der Waals surface area contributed by atoms with Crippen molar-refractivity contribution in [2.45, 2.75) is 12.7 Å². The molecule has 1 aliphatic rings. The van der Waals surface area contributed by atoms with E-state index in [0.717, 1.165) is 12.1 Å². The third-order valence-corrected chi connectivity index (χ3v) is 4.68. The zero-order valence-corrected chi connectivity index (χ0v) is 14.1. The van der Waals surface area contributed by atoms with Gasteiger partial charge in [-0.3, -0.25) is 4.79 Å². The third kappa shape index (κ3) is 3.52. The molecule has 11 heteroatoms. The van der Waals surface area contributed by atoms with Gasteiger partial charge in [-0.05, 0) is 17.7 Å².